The monoisotopic (exact) mass is 267 g/mol. The number of fused-ring (bicyclic) bond motifs is 1. The third kappa shape index (κ3) is 3.92. The van der Waals surface area contributed by atoms with Crippen LogP contribution < -0.4 is 10.1 Å². The summed E-state index contributed by atoms with van der Waals surface area (Å²) in [6.07, 6.45) is 1.04. The summed E-state index contributed by atoms with van der Waals surface area (Å²) in [6.45, 7) is 3.39. The summed E-state index contributed by atoms with van der Waals surface area (Å²) < 4.78 is 23.5. The van der Waals surface area contributed by atoms with Crippen LogP contribution in [-0.4, -0.2) is 31.8 Å². The number of carbonyl (C=O) groups excluding carboxylic acids is 1. The Morgan fingerprint density at radius 3 is 3.21 bits per heavy atom. The van der Waals surface area contributed by atoms with Gasteiger partial charge in [-0.1, -0.05) is 0 Å². The molecule has 1 atom stereocenters. The van der Waals surface area contributed by atoms with E-state index >= 15 is 0 Å². The van der Waals surface area contributed by atoms with Crippen molar-refractivity contribution in [2.75, 3.05) is 19.7 Å². The molecule has 1 N–H and O–H groups in total. The molecule has 1 aliphatic rings. The second-order valence-corrected chi connectivity index (χ2v) is 4.46. The van der Waals surface area contributed by atoms with Crippen molar-refractivity contribution in [2.24, 2.45) is 0 Å². The maximum atomic E-state index is 13.0. The zero-order chi connectivity index (χ0) is 13.7. The lowest BCUT2D eigenvalue weighted by molar-refractivity contribution is -0.142. The van der Waals surface area contributed by atoms with Crippen molar-refractivity contribution in [1.29, 1.82) is 0 Å². The van der Waals surface area contributed by atoms with Crippen LogP contribution in [0.25, 0.3) is 0 Å². The molecule has 104 valence electrons. The molecule has 0 radical (unpaired) electrons. The Morgan fingerprint density at radius 2 is 2.42 bits per heavy atom. The van der Waals surface area contributed by atoms with Crippen LogP contribution >= 0.6 is 0 Å². The normalized spacial score (nSPS) is 16.8. The first-order chi connectivity index (χ1) is 9.19. The van der Waals surface area contributed by atoms with Crippen LogP contribution in [0.1, 0.15) is 18.9 Å². The molecule has 2 rings (SSSR count). The fraction of sp³-hybridized carbons (Fsp3) is 0.500. The molecule has 0 aromatic heterocycles. The Balaban J connectivity index is 1.68. The predicted octanol–water partition coefficient (Wildman–Crippen LogP) is 1.67. The SMILES string of the molecule is CCOC(=O)CCNCC1Cc2cc(F)ccc2O1. The molecule has 0 fully saturated rings. The van der Waals surface area contributed by atoms with Crippen molar-refractivity contribution in [3.05, 3.63) is 29.6 Å². The van der Waals surface area contributed by atoms with Gasteiger partial charge in [-0.2, -0.15) is 0 Å². The molecule has 1 aliphatic heterocycles. The molecule has 1 aromatic rings. The van der Waals surface area contributed by atoms with Gasteiger partial charge in [-0.3, -0.25) is 4.79 Å². The topological polar surface area (TPSA) is 47.6 Å². The van der Waals surface area contributed by atoms with Crippen molar-refractivity contribution < 1.29 is 18.7 Å². The fourth-order valence-electron chi connectivity index (χ4n) is 2.09. The first-order valence-electron chi connectivity index (χ1n) is 6.50. The number of hydrogen-bond acceptors (Lipinski definition) is 4. The van der Waals surface area contributed by atoms with Gasteiger partial charge in [-0.25, -0.2) is 4.39 Å². The Hall–Kier alpha value is -1.62. The number of rotatable bonds is 6. The molecule has 19 heavy (non-hydrogen) atoms. The first-order valence-corrected chi connectivity index (χ1v) is 6.50. The molecule has 0 bridgehead atoms. The molecule has 1 aromatic carbocycles. The van der Waals surface area contributed by atoms with Crippen molar-refractivity contribution in [3.8, 4) is 5.75 Å². The predicted molar refractivity (Wildman–Crippen MR) is 68.6 cm³/mol. The van der Waals surface area contributed by atoms with E-state index in [9.17, 15) is 9.18 Å². The summed E-state index contributed by atoms with van der Waals surface area (Å²) in [7, 11) is 0. The summed E-state index contributed by atoms with van der Waals surface area (Å²) >= 11 is 0. The molecule has 4 nitrogen and oxygen atoms in total. The van der Waals surface area contributed by atoms with Gasteiger partial charge in [0.15, 0.2) is 0 Å². The van der Waals surface area contributed by atoms with Gasteiger partial charge in [0.25, 0.3) is 0 Å². The Labute approximate surface area is 111 Å². The molecule has 0 aliphatic carbocycles. The van der Waals surface area contributed by atoms with Crippen molar-refractivity contribution in [1.82, 2.24) is 5.32 Å². The van der Waals surface area contributed by atoms with Gasteiger partial charge in [0.05, 0.1) is 13.0 Å². The molecule has 1 unspecified atom stereocenters. The van der Waals surface area contributed by atoms with E-state index in [2.05, 4.69) is 5.32 Å². The van der Waals surface area contributed by atoms with E-state index < -0.39 is 0 Å². The zero-order valence-corrected chi connectivity index (χ0v) is 10.9. The molecule has 0 spiro atoms. The Morgan fingerprint density at radius 1 is 1.58 bits per heavy atom. The second-order valence-electron chi connectivity index (χ2n) is 4.46. The third-order valence-electron chi connectivity index (χ3n) is 2.95. The summed E-state index contributed by atoms with van der Waals surface area (Å²) in [5, 5.41) is 3.15. The minimum absolute atomic E-state index is 0.000930. The number of halogens is 1. The number of ether oxygens (including phenoxy) is 2. The molecular weight excluding hydrogens is 249 g/mol. The summed E-state index contributed by atoms with van der Waals surface area (Å²) in [5.41, 5.74) is 0.900. The van der Waals surface area contributed by atoms with Gasteiger partial charge in [-0.15, -0.1) is 0 Å². The van der Waals surface area contributed by atoms with E-state index in [4.69, 9.17) is 9.47 Å². The fourth-order valence-corrected chi connectivity index (χ4v) is 2.09. The van der Waals surface area contributed by atoms with Crippen molar-refractivity contribution in [3.63, 3.8) is 0 Å². The van der Waals surface area contributed by atoms with Crippen LogP contribution in [0.2, 0.25) is 0 Å². The maximum Gasteiger partial charge on any atom is 0.307 e. The summed E-state index contributed by atoms with van der Waals surface area (Å²) in [5.74, 6) is 0.310. The lowest BCUT2D eigenvalue weighted by Crippen LogP contribution is -2.31. The van der Waals surface area contributed by atoms with Gasteiger partial charge in [0.2, 0.25) is 0 Å². The van der Waals surface area contributed by atoms with E-state index in [0.717, 1.165) is 11.3 Å². The number of hydrogen-bond donors (Lipinski definition) is 1. The second kappa shape index (κ2) is 6.52. The lowest BCUT2D eigenvalue weighted by Gasteiger charge is -2.11. The molecule has 5 heteroatoms. The van der Waals surface area contributed by atoms with Crippen LogP contribution in [0, 0.1) is 5.82 Å². The van der Waals surface area contributed by atoms with Gasteiger partial charge in [0, 0.05) is 25.1 Å². The maximum absolute atomic E-state index is 13.0. The minimum Gasteiger partial charge on any atom is -0.488 e. The zero-order valence-electron chi connectivity index (χ0n) is 10.9. The standard InChI is InChI=1S/C14H18FNO3/c1-2-18-14(17)5-6-16-9-12-8-10-7-11(15)3-4-13(10)19-12/h3-4,7,12,16H,2,5-6,8-9H2,1H3. The van der Waals surface area contributed by atoms with Gasteiger partial charge >= 0.3 is 5.97 Å². The highest BCUT2D eigenvalue weighted by Gasteiger charge is 2.22. The van der Waals surface area contributed by atoms with Gasteiger partial charge in [0.1, 0.15) is 17.7 Å². The first kappa shape index (κ1) is 13.8. The minimum atomic E-state index is -0.238. The van der Waals surface area contributed by atoms with Crippen molar-refractivity contribution >= 4 is 5.97 Å². The quantitative estimate of drug-likeness (QED) is 0.629. The smallest absolute Gasteiger partial charge is 0.307 e. The number of benzene rings is 1. The highest BCUT2D eigenvalue weighted by Crippen LogP contribution is 2.28. The molecule has 0 amide bonds. The van der Waals surface area contributed by atoms with E-state index in [1.165, 1.54) is 12.1 Å². The van der Waals surface area contributed by atoms with E-state index in [1.807, 2.05) is 0 Å². The molecule has 1 heterocycles. The lowest BCUT2D eigenvalue weighted by atomic mass is 10.1. The summed E-state index contributed by atoms with van der Waals surface area (Å²) in [4.78, 5) is 11.1. The number of nitrogens with one attached hydrogen (secondary N) is 1. The average molecular weight is 267 g/mol. The van der Waals surface area contributed by atoms with Crippen LogP contribution in [0.15, 0.2) is 18.2 Å². The average Bonchev–Trinajstić information content (AvgIpc) is 2.77. The van der Waals surface area contributed by atoms with Crippen LogP contribution in [0.3, 0.4) is 0 Å². The third-order valence-corrected chi connectivity index (χ3v) is 2.95. The molecule has 0 saturated heterocycles. The van der Waals surface area contributed by atoms with Crippen molar-refractivity contribution in [2.45, 2.75) is 25.9 Å². The largest absolute Gasteiger partial charge is 0.488 e. The van der Waals surface area contributed by atoms with E-state index in [-0.39, 0.29) is 17.9 Å². The number of carbonyl (C=O) groups is 1. The van der Waals surface area contributed by atoms with Crippen LogP contribution in [0.4, 0.5) is 4.39 Å². The highest BCUT2D eigenvalue weighted by molar-refractivity contribution is 5.69. The van der Waals surface area contributed by atoms with Gasteiger partial charge < -0.3 is 14.8 Å². The highest BCUT2D eigenvalue weighted by atomic mass is 19.1. The van der Waals surface area contributed by atoms with E-state index in [1.54, 1.807) is 13.0 Å². The molecular formula is C14H18FNO3. The van der Waals surface area contributed by atoms with Crippen LogP contribution in [-0.2, 0) is 16.0 Å². The number of esters is 1. The van der Waals surface area contributed by atoms with Crippen LogP contribution in [0.5, 0.6) is 5.75 Å². The van der Waals surface area contributed by atoms with E-state index in [0.29, 0.717) is 32.5 Å². The summed E-state index contributed by atoms with van der Waals surface area (Å²) in [6, 6.07) is 4.56. The Kier molecular flexibility index (Phi) is 4.74. The molecule has 0 saturated carbocycles. The van der Waals surface area contributed by atoms with Gasteiger partial charge in [-0.05, 0) is 25.1 Å². The Bertz CT molecular complexity index is 450.